The third-order valence-electron chi connectivity index (χ3n) is 2.09. The van der Waals surface area contributed by atoms with E-state index in [9.17, 15) is 9.00 Å². The Kier molecular flexibility index (Phi) is 3.82. The summed E-state index contributed by atoms with van der Waals surface area (Å²) in [7, 11) is -0.855. The minimum absolute atomic E-state index is 0.0752. The van der Waals surface area contributed by atoms with Crippen molar-refractivity contribution in [1.29, 1.82) is 0 Å². The van der Waals surface area contributed by atoms with Crippen molar-refractivity contribution in [2.75, 3.05) is 6.26 Å². The molecule has 2 N–H and O–H groups in total. The maximum absolute atomic E-state index is 11.2. The molecule has 0 saturated carbocycles. The van der Waals surface area contributed by atoms with Gasteiger partial charge in [-0.3, -0.25) is 13.9 Å². The molecule has 2 atom stereocenters. The Morgan fingerprint density at radius 2 is 2.21 bits per heavy atom. The normalized spacial score (nSPS) is 15.3. The zero-order chi connectivity index (χ0) is 10.7. The molecule has 80 valence electrons. The van der Waals surface area contributed by atoms with Gasteiger partial charge in [-0.25, -0.2) is 9.89 Å². The van der Waals surface area contributed by atoms with Crippen LogP contribution in [0.15, 0.2) is 4.79 Å². The van der Waals surface area contributed by atoms with Crippen molar-refractivity contribution in [3.63, 3.8) is 0 Å². The van der Waals surface area contributed by atoms with Crippen molar-refractivity contribution >= 4 is 23.0 Å². The summed E-state index contributed by atoms with van der Waals surface area (Å²) in [5, 5.41) is 5.02. The lowest BCUT2D eigenvalue weighted by molar-refractivity contribution is 0.601. The second kappa shape index (κ2) is 4.70. The second-order valence-corrected chi connectivity index (χ2v) is 5.30. The number of hydrogen-bond acceptors (Lipinski definition) is 3. The van der Waals surface area contributed by atoms with E-state index in [-0.39, 0.29) is 10.9 Å². The van der Waals surface area contributed by atoms with Crippen LogP contribution in [0, 0.1) is 4.77 Å². The first-order valence-corrected chi connectivity index (χ1v) is 6.25. The molecule has 0 fully saturated rings. The Balaban J connectivity index is 2.67. The maximum atomic E-state index is 11.2. The smallest absolute Gasteiger partial charge is 0.272 e. The van der Waals surface area contributed by atoms with E-state index in [0.29, 0.717) is 17.7 Å². The van der Waals surface area contributed by atoms with Crippen LogP contribution in [-0.4, -0.2) is 30.5 Å². The molecule has 0 bridgehead atoms. The molecule has 0 aliphatic carbocycles. The van der Waals surface area contributed by atoms with Gasteiger partial charge in [-0.15, -0.1) is 0 Å². The van der Waals surface area contributed by atoms with E-state index >= 15 is 0 Å². The highest BCUT2D eigenvalue weighted by molar-refractivity contribution is 7.84. The summed E-state index contributed by atoms with van der Waals surface area (Å²) in [4.78, 5) is 11.2. The van der Waals surface area contributed by atoms with Crippen LogP contribution < -0.4 is 5.69 Å². The van der Waals surface area contributed by atoms with Crippen molar-refractivity contribution in [3.8, 4) is 0 Å². The third kappa shape index (κ3) is 2.65. The van der Waals surface area contributed by atoms with E-state index < -0.39 is 10.8 Å². The van der Waals surface area contributed by atoms with Crippen molar-refractivity contribution in [3.05, 3.63) is 15.3 Å². The summed E-state index contributed by atoms with van der Waals surface area (Å²) in [5.41, 5.74) is -0.246. The molecule has 14 heavy (non-hydrogen) atoms. The monoisotopic (exact) mass is 235 g/mol. The number of rotatable bonds is 4. The SMILES string of the molecule is CC(CCn1c(=O)[nH][nH]c1=S)S(C)=O. The highest BCUT2D eigenvalue weighted by atomic mass is 32.2. The van der Waals surface area contributed by atoms with Gasteiger partial charge in [-0.1, -0.05) is 6.92 Å². The average Bonchev–Trinajstić information content (AvgIpc) is 2.43. The average molecular weight is 235 g/mol. The Morgan fingerprint density at radius 3 is 2.64 bits per heavy atom. The molecular weight excluding hydrogens is 222 g/mol. The Morgan fingerprint density at radius 1 is 1.57 bits per heavy atom. The van der Waals surface area contributed by atoms with Crippen LogP contribution in [0.1, 0.15) is 13.3 Å². The molecule has 0 aromatic carbocycles. The van der Waals surface area contributed by atoms with Crippen molar-refractivity contribution in [2.24, 2.45) is 0 Å². The van der Waals surface area contributed by atoms with Gasteiger partial charge < -0.3 is 0 Å². The van der Waals surface area contributed by atoms with Crippen LogP contribution in [0.3, 0.4) is 0 Å². The quantitative estimate of drug-likeness (QED) is 0.742. The largest absolute Gasteiger partial charge is 0.342 e. The van der Waals surface area contributed by atoms with Crippen molar-refractivity contribution in [2.45, 2.75) is 25.1 Å². The molecule has 0 aliphatic rings. The van der Waals surface area contributed by atoms with Gasteiger partial charge >= 0.3 is 5.69 Å². The predicted octanol–water partition coefficient (Wildman–Crippen LogP) is 0.391. The highest BCUT2D eigenvalue weighted by Crippen LogP contribution is 2.00. The van der Waals surface area contributed by atoms with E-state index in [1.807, 2.05) is 6.92 Å². The summed E-state index contributed by atoms with van der Waals surface area (Å²) in [5.74, 6) is 0. The summed E-state index contributed by atoms with van der Waals surface area (Å²) in [6.45, 7) is 2.39. The number of nitrogens with zero attached hydrogens (tertiary/aromatic N) is 1. The molecule has 2 unspecified atom stereocenters. The molecule has 1 aromatic heterocycles. The zero-order valence-electron chi connectivity index (χ0n) is 8.07. The fraction of sp³-hybridized carbons (Fsp3) is 0.714. The fourth-order valence-electron chi connectivity index (χ4n) is 1.01. The van der Waals surface area contributed by atoms with Gasteiger partial charge in [-0.05, 0) is 18.6 Å². The maximum Gasteiger partial charge on any atom is 0.342 e. The number of H-pyrrole nitrogens is 2. The first-order valence-electron chi connectivity index (χ1n) is 4.22. The minimum Gasteiger partial charge on any atom is -0.272 e. The molecule has 0 radical (unpaired) electrons. The standard InChI is InChI=1S/C7H13N3O2S2/c1-5(14(2)12)3-4-10-6(11)8-9-7(10)13/h5H,3-4H2,1-2H3,(H,8,11)(H,9,13). The van der Waals surface area contributed by atoms with Crippen molar-refractivity contribution < 1.29 is 4.21 Å². The topological polar surface area (TPSA) is 70.7 Å². The van der Waals surface area contributed by atoms with E-state index in [1.165, 1.54) is 4.57 Å². The first-order chi connectivity index (χ1) is 6.52. The summed E-state index contributed by atoms with van der Waals surface area (Å²) in [6.07, 6.45) is 2.34. The number of nitrogens with one attached hydrogen (secondary N) is 2. The molecule has 1 rings (SSSR count). The van der Waals surface area contributed by atoms with E-state index in [2.05, 4.69) is 10.2 Å². The molecule has 0 amide bonds. The summed E-state index contributed by atoms with van der Waals surface area (Å²) < 4.78 is 12.9. The summed E-state index contributed by atoms with van der Waals surface area (Å²) >= 11 is 4.89. The second-order valence-electron chi connectivity index (χ2n) is 3.11. The number of aromatic amines is 2. The molecule has 1 heterocycles. The molecular formula is C7H13N3O2S2. The molecule has 7 heteroatoms. The minimum atomic E-state index is -0.855. The van der Waals surface area contributed by atoms with Gasteiger partial charge in [0.1, 0.15) is 0 Å². The van der Waals surface area contributed by atoms with E-state index in [1.54, 1.807) is 6.26 Å². The molecule has 5 nitrogen and oxygen atoms in total. The lowest BCUT2D eigenvalue weighted by Crippen LogP contribution is -2.20. The van der Waals surface area contributed by atoms with Crippen LogP contribution in [0.25, 0.3) is 0 Å². The van der Waals surface area contributed by atoms with Gasteiger partial charge in [0.2, 0.25) is 0 Å². The number of aromatic nitrogens is 3. The van der Waals surface area contributed by atoms with Crippen LogP contribution in [0.5, 0.6) is 0 Å². The summed E-state index contributed by atoms with van der Waals surface area (Å²) in [6, 6.07) is 0. The van der Waals surface area contributed by atoms with Crippen LogP contribution >= 0.6 is 12.2 Å². The van der Waals surface area contributed by atoms with Crippen molar-refractivity contribution in [1.82, 2.24) is 14.8 Å². The first kappa shape index (κ1) is 11.4. The third-order valence-corrected chi connectivity index (χ3v) is 3.78. The molecule has 0 spiro atoms. The van der Waals surface area contributed by atoms with Gasteiger partial charge in [0.05, 0.1) is 0 Å². The van der Waals surface area contributed by atoms with Crippen LogP contribution in [-0.2, 0) is 17.3 Å². The Hall–Kier alpha value is -0.690. The lowest BCUT2D eigenvalue weighted by Gasteiger charge is -2.06. The predicted molar refractivity (Wildman–Crippen MR) is 58.4 cm³/mol. The molecule has 0 saturated heterocycles. The van der Waals surface area contributed by atoms with Gasteiger partial charge in [0, 0.05) is 28.9 Å². The molecule has 1 aromatic rings. The van der Waals surface area contributed by atoms with E-state index in [4.69, 9.17) is 12.2 Å². The van der Waals surface area contributed by atoms with Crippen LogP contribution in [0.2, 0.25) is 0 Å². The van der Waals surface area contributed by atoms with Gasteiger partial charge in [-0.2, -0.15) is 0 Å². The van der Waals surface area contributed by atoms with E-state index in [0.717, 1.165) is 0 Å². The Bertz CT molecular complexity index is 403. The van der Waals surface area contributed by atoms with Gasteiger partial charge in [0.25, 0.3) is 0 Å². The Labute approximate surface area is 89.0 Å². The van der Waals surface area contributed by atoms with Gasteiger partial charge in [0.15, 0.2) is 4.77 Å². The van der Waals surface area contributed by atoms with Crippen LogP contribution in [0.4, 0.5) is 0 Å². The highest BCUT2D eigenvalue weighted by Gasteiger charge is 2.07. The molecule has 0 aliphatic heterocycles. The zero-order valence-corrected chi connectivity index (χ0v) is 9.70. The fourth-order valence-corrected chi connectivity index (χ4v) is 1.68. The number of hydrogen-bond donors (Lipinski definition) is 2. The lowest BCUT2D eigenvalue weighted by atomic mass is 10.3.